The molecule has 0 spiro atoms. The molecular weight excluding hydrogens is 318 g/mol. The molecule has 0 saturated carbocycles. The Morgan fingerprint density at radius 3 is 2.65 bits per heavy atom. The minimum absolute atomic E-state index is 0.763. The van der Waals surface area contributed by atoms with E-state index in [2.05, 4.69) is 15.9 Å². The predicted octanol–water partition coefficient (Wildman–Crippen LogP) is 4.98. The molecule has 2 N–H and O–H groups in total. The van der Waals surface area contributed by atoms with Crippen molar-refractivity contribution in [1.29, 1.82) is 0 Å². The smallest absolute Gasteiger partial charge is 0.0446 e. The molecule has 0 saturated heterocycles. The van der Waals surface area contributed by atoms with E-state index in [0.717, 1.165) is 26.5 Å². The monoisotopic (exact) mass is 327 g/mol. The first kappa shape index (κ1) is 12.8. The van der Waals surface area contributed by atoms with E-state index in [1.54, 1.807) is 11.8 Å². The lowest BCUT2D eigenvalue weighted by Gasteiger charge is -2.06. The highest BCUT2D eigenvalue weighted by Crippen LogP contribution is 2.32. The quantitative estimate of drug-likeness (QED) is 0.635. The Kier molecular flexibility index (Phi) is 4.37. The first-order chi connectivity index (χ1) is 8.16. The second-order valence-corrected chi connectivity index (χ2v) is 5.85. The number of nitrogens with two attached hydrogens (primary N) is 1. The van der Waals surface area contributed by atoms with Gasteiger partial charge in [0.2, 0.25) is 0 Å². The summed E-state index contributed by atoms with van der Waals surface area (Å²) in [5, 5.41) is 0.812. The number of nitrogen functional groups attached to an aromatic ring is 1. The fourth-order valence-electron chi connectivity index (χ4n) is 1.41. The van der Waals surface area contributed by atoms with Crippen LogP contribution in [-0.4, -0.2) is 0 Å². The summed E-state index contributed by atoms with van der Waals surface area (Å²) >= 11 is 11.4. The molecule has 0 amide bonds. The molecule has 0 fully saturated rings. The van der Waals surface area contributed by atoms with Gasteiger partial charge in [-0.1, -0.05) is 29.8 Å². The zero-order valence-electron chi connectivity index (χ0n) is 8.99. The lowest BCUT2D eigenvalue weighted by Crippen LogP contribution is -1.86. The molecule has 2 aromatic rings. The average molecular weight is 329 g/mol. The molecule has 0 aliphatic heterocycles. The molecule has 88 valence electrons. The maximum absolute atomic E-state index is 6.11. The Balaban J connectivity index is 2.10. The Bertz CT molecular complexity index is 531. The first-order valence-corrected chi connectivity index (χ1v) is 7.23. The van der Waals surface area contributed by atoms with Crippen LogP contribution in [0, 0.1) is 0 Å². The summed E-state index contributed by atoms with van der Waals surface area (Å²) in [4.78, 5) is 1.17. The van der Waals surface area contributed by atoms with Crippen molar-refractivity contribution in [3.05, 3.63) is 57.5 Å². The fourth-order valence-corrected chi connectivity index (χ4v) is 3.35. The van der Waals surface area contributed by atoms with Crippen molar-refractivity contribution in [2.24, 2.45) is 0 Å². The first-order valence-electron chi connectivity index (χ1n) is 5.08. The Hall–Kier alpha value is -0.640. The zero-order valence-corrected chi connectivity index (χ0v) is 12.1. The number of rotatable bonds is 3. The SMILES string of the molecule is Nc1ccc(SCc2ccccc2Cl)c(Br)c1. The number of benzene rings is 2. The summed E-state index contributed by atoms with van der Waals surface area (Å²) in [7, 11) is 0. The molecule has 0 aliphatic rings. The van der Waals surface area contributed by atoms with Crippen LogP contribution in [0.25, 0.3) is 0 Å². The molecule has 17 heavy (non-hydrogen) atoms. The zero-order chi connectivity index (χ0) is 12.3. The molecule has 4 heteroatoms. The van der Waals surface area contributed by atoms with Gasteiger partial charge in [0.1, 0.15) is 0 Å². The van der Waals surface area contributed by atoms with Crippen LogP contribution in [0.2, 0.25) is 5.02 Å². The highest BCUT2D eigenvalue weighted by atomic mass is 79.9. The van der Waals surface area contributed by atoms with Crippen LogP contribution in [0.4, 0.5) is 5.69 Å². The second-order valence-electron chi connectivity index (χ2n) is 3.57. The summed E-state index contributed by atoms with van der Waals surface area (Å²) in [6.45, 7) is 0. The summed E-state index contributed by atoms with van der Waals surface area (Å²) in [6, 6.07) is 13.7. The van der Waals surface area contributed by atoms with Crippen molar-refractivity contribution in [2.45, 2.75) is 10.6 Å². The predicted molar refractivity (Wildman–Crippen MR) is 79.6 cm³/mol. The minimum atomic E-state index is 0.763. The van der Waals surface area contributed by atoms with Gasteiger partial charge in [0.25, 0.3) is 0 Å². The lowest BCUT2D eigenvalue weighted by atomic mass is 10.2. The molecule has 2 aromatic carbocycles. The minimum Gasteiger partial charge on any atom is -0.399 e. The summed E-state index contributed by atoms with van der Waals surface area (Å²) in [5.74, 6) is 0.849. The van der Waals surface area contributed by atoms with E-state index in [1.807, 2.05) is 42.5 Å². The van der Waals surface area contributed by atoms with Gasteiger partial charge in [-0.15, -0.1) is 11.8 Å². The van der Waals surface area contributed by atoms with E-state index >= 15 is 0 Å². The molecular formula is C13H11BrClNS. The van der Waals surface area contributed by atoms with Gasteiger partial charge in [-0.05, 0) is 45.8 Å². The van der Waals surface area contributed by atoms with Crippen molar-refractivity contribution in [3.63, 3.8) is 0 Å². The van der Waals surface area contributed by atoms with E-state index in [1.165, 1.54) is 4.90 Å². The van der Waals surface area contributed by atoms with Crippen molar-refractivity contribution in [1.82, 2.24) is 0 Å². The third-order valence-corrected chi connectivity index (χ3v) is 4.71. The van der Waals surface area contributed by atoms with E-state index in [0.29, 0.717) is 0 Å². The molecule has 0 radical (unpaired) electrons. The van der Waals surface area contributed by atoms with Gasteiger partial charge in [0, 0.05) is 25.8 Å². The number of thioether (sulfide) groups is 1. The van der Waals surface area contributed by atoms with Crippen molar-refractivity contribution in [2.75, 3.05) is 5.73 Å². The average Bonchev–Trinajstić information content (AvgIpc) is 2.30. The van der Waals surface area contributed by atoms with Gasteiger partial charge in [0.05, 0.1) is 0 Å². The van der Waals surface area contributed by atoms with E-state index in [9.17, 15) is 0 Å². The van der Waals surface area contributed by atoms with Crippen molar-refractivity contribution < 1.29 is 0 Å². The summed E-state index contributed by atoms with van der Waals surface area (Å²) in [6.07, 6.45) is 0. The summed E-state index contributed by atoms with van der Waals surface area (Å²) in [5.41, 5.74) is 7.60. The number of hydrogen-bond acceptors (Lipinski definition) is 2. The third-order valence-electron chi connectivity index (χ3n) is 2.30. The largest absolute Gasteiger partial charge is 0.399 e. The second kappa shape index (κ2) is 5.80. The Morgan fingerprint density at radius 2 is 1.94 bits per heavy atom. The van der Waals surface area contributed by atoms with Crippen LogP contribution in [-0.2, 0) is 5.75 Å². The van der Waals surface area contributed by atoms with E-state index in [4.69, 9.17) is 17.3 Å². The number of halogens is 2. The molecule has 0 aliphatic carbocycles. The normalized spacial score (nSPS) is 10.5. The maximum atomic E-state index is 6.11. The van der Waals surface area contributed by atoms with Crippen molar-refractivity contribution in [3.8, 4) is 0 Å². The van der Waals surface area contributed by atoms with E-state index in [-0.39, 0.29) is 0 Å². The molecule has 0 bridgehead atoms. The fraction of sp³-hybridized carbons (Fsp3) is 0.0769. The lowest BCUT2D eigenvalue weighted by molar-refractivity contribution is 1.36. The van der Waals surface area contributed by atoms with Gasteiger partial charge in [0.15, 0.2) is 0 Å². The molecule has 0 heterocycles. The highest BCUT2D eigenvalue weighted by Gasteiger charge is 2.04. The van der Waals surface area contributed by atoms with Crippen LogP contribution in [0.15, 0.2) is 51.8 Å². The van der Waals surface area contributed by atoms with E-state index < -0.39 is 0 Å². The van der Waals surface area contributed by atoms with Gasteiger partial charge >= 0.3 is 0 Å². The van der Waals surface area contributed by atoms with Crippen molar-refractivity contribution >= 4 is 45.0 Å². The van der Waals surface area contributed by atoms with Crippen LogP contribution < -0.4 is 5.73 Å². The van der Waals surface area contributed by atoms with Gasteiger partial charge in [-0.25, -0.2) is 0 Å². The van der Waals surface area contributed by atoms with Gasteiger partial charge < -0.3 is 5.73 Å². The highest BCUT2D eigenvalue weighted by molar-refractivity contribution is 9.10. The molecule has 0 atom stereocenters. The number of hydrogen-bond donors (Lipinski definition) is 1. The third kappa shape index (κ3) is 3.41. The molecule has 1 nitrogen and oxygen atoms in total. The Morgan fingerprint density at radius 1 is 1.18 bits per heavy atom. The molecule has 0 aromatic heterocycles. The van der Waals surface area contributed by atoms with Crippen LogP contribution in [0.1, 0.15) is 5.56 Å². The maximum Gasteiger partial charge on any atom is 0.0446 e. The number of anilines is 1. The van der Waals surface area contributed by atoms with Crippen LogP contribution in [0.5, 0.6) is 0 Å². The standard InChI is InChI=1S/C13H11BrClNS/c14-11-7-10(16)5-6-13(11)17-8-9-3-1-2-4-12(9)15/h1-7H,8,16H2. The molecule has 0 unspecified atom stereocenters. The molecule has 2 rings (SSSR count). The van der Waals surface area contributed by atoms with Gasteiger partial charge in [-0.3, -0.25) is 0 Å². The summed E-state index contributed by atoms with van der Waals surface area (Å²) < 4.78 is 1.02. The Labute approximate surface area is 118 Å². The van der Waals surface area contributed by atoms with Crippen LogP contribution >= 0.6 is 39.3 Å². The topological polar surface area (TPSA) is 26.0 Å². The van der Waals surface area contributed by atoms with Gasteiger partial charge in [-0.2, -0.15) is 0 Å². The van der Waals surface area contributed by atoms with Crippen LogP contribution in [0.3, 0.4) is 0 Å².